The minimum absolute atomic E-state index is 0.0158. The van der Waals surface area contributed by atoms with Gasteiger partial charge in [-0.3, -0.25) is 9.59 Å². The van der Waals surface area contributed by atoms with Crippen LogP contribution in [0, 0.1) is 11.3 Å². The molecule has 35 heavy (non-hydrogen) atoms. The Hall–Kier alpha value is -3.35. The topological polar surface area (TPSA) is 95.9 Å². The average molecular weight is 479 g/mol. The number of carboxylic acid groups (broad SMARTS) is 1. The van der Waals surface area contributed by atoms with Crippen LogP contribution in [0.25, 0.3) is 11.1 Å². The summed E-state index contributed by atoms with van der Waals surface area (Å²) in [6, 6.07) is 16.4. The maximum Gasteiger partial charge on any atom is 0.407 e. The van der Waals surface area contributed by atoms with E-state index in [1.165, 1.54) is 11.1 Å². The Morgan fingerprint density at radius 3 is 2.20 bits per heavy atom. The molecular weight excluding hydrogens is 444 g/mol. The largest absolute Gasteiger partial charge is 0.481 e. The molecule has 0 aromatic heterocycles. The molecule has 186 valence electrons. The molecule has 2 aromatic rings. The second-order valence-electron chi connectivity index (χ2n) is 9.67. The standard InChI is InChI=1S/C28H34N2O5/c1-3-28(4-2,26(33)30-14-13-19(16-30)15-25(31)32)18-29-27(34)35-17-24-22-11-7-5-9-20(22)21-10-6-8-12-23(21)24/h5-12,19,24H,3-4,13-18H2,1-2H3,(H,29,34)(H,31,32). The third-order valence-corrected chi connectivity index (χ3v) is 7.76. The van der Waals surface area contributed by atoms with Crippen molar-refractivity contribution in [2.75, 3.05) is 26.2 Å². The lowest BCUT2D eigenvalue weighted by atomic mass is 9.80. The van der Waals surface area contributed by atoms with Gasteiger partial charge in [0.15, 0.2) is 0 Å². The number of fused-ring (bicyclic) bond motifs is 3. The summed E-state index contributed by atoms with van der Waals surface area (Å²) in [6.07, 6.45) is 1.39. The van der Waals surface area contributed by atoms with Gasteiger partial charge in [0.25, 0.3) is 0 Å². The van der Waals surface area contributed by atoms with Gasteiger partial charge in [-0.2, -0.15) is 0 Å². The zero-order valence-electron chi connectivity index (χ0n) is 20.5. The van der Waals surface area contributed by atoms with E-state index < -0.39 is 17.5 Å². The lowest BCUT2D eigenvalue weighted by Gasteiger charge is -2.34. The van der Waals surface area contributed by atoms with Crippen molar-refractivity contribution < 1.29 is 24.2 Å². The molecule has 1 fully saturated rings. The maximum atomic E-state index is 13.4. The first-order chi connectivity index (χ1) is 16.9. The molecule has 2 N–H and O–H groups in total. The zero-order valence-corrected chi connectivity index (χ0v) is 20.5. The summed E-state index contributed by atoms with van der Waals surface area (Å²) in [5, 5.41) is 11.9. The molecule has 1 saturated heterocycles. The maximum absolute atomic E-state index is 13.4. The Morgan fingerprint density at radius 1 is 1.03 bits per heavy atom. The summed E-state index contributed by atoms with van der Waals surface area (Å²) >= 11 is 0. The van der Waals surface area contributed by atoms with Gasteiger partial charge in [0.2, 0.25) is 5.91 Å². The Labute approximate surface area is 206 Å². The third kappa shape index (κ3) is 5.04. The molecule has 0 spiro atoms. The van der Waals surface area contributed by atoms with Crippen LogP contribution in [0.3, 0.4) is 0 Å². The summed E-state index contributed by atoms with van der Waals surface area (Å²) < 4.78 is 5.65. The number of nitrogens with one attached hydrogen (secondary N) is 1. The second-order valence-corrected chi connectivity index (χ2v) is 9.67. The van der Waals surface area contributed by atoms with Gasteiger partial charge < -0.3 is 20.1 Å². The number of benzene rings is 2. The highest BCUT2D eigenvalue weighted by Crippen LogP contribution is 2.44. The van der Waals surface area contributed by atoms with E-state index >= 15 is 0 Å². The number of aliphatic carboxylic acids is 1. The number of likely N-dealkylation sites (tertiary alicyclic amines) is 1. The van der Waals surface area contributed by atoms with Gasteiger partial charge in [0.1, 0.15) is 6.61 Å². The van der Waals surface area contributed by atoms with Gasteiger partial charge >= 0.3 is 12.1 Å². The molecule has 0 saturated carbocycles. The fraction of sp³-hybridized carbons (Fsp3) is 0.464. The number of amides is 2. The van der Waals surface area contributed by atoms with E-state index in [-0.39, 0.29) is 37.3 Å². The van der Waals surface area contributed by atoms with Crippen LogP contribution in [0.5, 0.6) is 0 Å². The number of carbonyl (C=O) groups excluding carboxylic acids is 2. The number of hydrogen-bond acceptors (Lipinski definition) is 4. The molecule has 0 radical (unpaired) electrons. The van der Waals surface area contributed by atoms with Gasteiger partial charge in [-0.1, -0.05) is 62.4 Å². The van der Waals surface area contributed by atoms with Crippen molar-refractivity contribution in [3.63, 3.8) is 0 Å². The van der Waals surface area contributed by atoms with Crippen LogP contribution in [0.2, 0.25) is 0 Å². The molecule has 1 atom stereocenters. The number of rotatable bonds is 9. The van der Waals surface area contributed by atoms with E-state index in [1.54, 1.807) is 4.90 Å². The van der Waals surface area contributed by atoms with E-state index in [1.807, 2.05) is 38.1 Å². The Bertz CT molecular complexity index is 1050. The fourth-order valence-corrected chi connectivity index (χ4v) is 5.53. The van der Waals surface area contributed by atoms with Crippen molar-refractivity contribution in [1.29, 1.82) is 0 Å². The molecule has 0 bridgehead atoms. The summed E-state index contributed by atoms with van der Waals surface area (Å²) in [5.74, 6) is -0.890. The zero-order chi connectivity index (χ0) is 25.0. The number of alkyl carbamates (subject to hydrolysis) is 1. The minimum atomic E-state index is -0.835. The summed E-state index contributed by atoms with van der Waals surface area (Å²) in [6.45, 7) is 5.33. The predicted octanol–water partition coefficient (Wildman–Crippen LogP) is 4.65. The van der Waals surface area contributed by atoms with Crippen LogP contribution in [0.4, 0.5) is 4.79 Å². The summed E-state index contributed by atoms with van der Waals surface area (Å²) in [4.78, 5) is 38.9. The molecule has 7 heteroatoms. The van der Waals surface area contributed by atoms with Crippen molar-refractivity contribution >= 4 is 18.0 Å². The highest BCUT2D eigenvalue weighted by molar-refractivity contribution is 5.84. The van der Waals surface area contributed by atoms with E-state index in [4.69, 9.17) is 9.84 Å². The van der Waals surface area contributed by atoms with Crippen LogP contribution in [-0.2, 0) is 14.3 Å². The van der Waals surface area contributed by atoms with Gasteiger partial charge in [-0.25, -0.2) is 4.79 Å². The molecule has 7 nitrogen and oxygen atoms in total. The lowest BCUT2D eigenvalue weighted by molar-refractivity contribution is -0.142. The van der Waals surface area contributed by atoms with Crippen LogP contribution < -0.4 is 5.32 Å². The second kappa shape index (κ2) is 10.5. The average Bonchev–Trinajstić information content (AvgIpc) is 3.45. The SMILES string of the molecule is CCC(CC)(CNC(=O)OCC1c2ccccc2-c2ccccc21)C(=O)N1CCC(CC(=O)O)C1. The van der Waals surface area contributed by atoms with Crippen LogP contribution in [-0.4, -0.2) is 54.2 Å². The van der Waals surface area contributed by atoms with Crippen molar-refractivity contribution in [2.24, 2.45) is 11.3 Å². The van der Waals surface area contributed by atoms with Crippen molar-refractivity contribution in [3.05, 3.63) is 59.7 Å². The Morgan fingerprint density at radius 2 is 1.63 bits per heavy atom. The summed E-state index contributed by atoms with van der Waals surface area (Å²) in [7, 11) is 0. The van der Waals surface area contributed by atoms with Crippen molar-refractivity contribution in [1.82, 2.24) is 10.2 Å². The number of carbonyl (C=O) groups is 3. The molecule has 2 aliphatic rings. The van der Waals surface area contributed by atoms with Crippen LogP contribution in [0.1, 0.15) is 56.6 Å². The monoisotopic (exact) mass is 478 g/mol. The van der Waals surface area contributed by atoms with E-state index in [2.05, 4.69) is 29.6 Å². The highest BCUT2D eigenvalue weighted by atomic mass is 16.5. The number of nitrogens with zero attached hydrogens (tertiary/aromatic N) is 1. The number of hydrogen-bond donors (Lipinski definition) is 2. The Kier molecular flexibility index (Phi) is 7.43. The van der Waals surface area contributed by atoms with E-state index in [9.17, 15) is 14.4 Å². The van der Waals surface area contributed by atoms with Gasteiger partial charge in [0, 0.05) is 32.0 Å². The van der Waals surface area contributed by atoms with Gasteiger partial charge in [-0.15, -0.1) is 0 Å². The molecule has 4 rings (SSSR count). The van der Waals surface area contributed by atoms with Crippen LogP contribution >= 0.6 is 0 Å². The Balaban J connectivity index is 1.36. The first kappa shape index (κ1) is 24.8. The third-order valence-electron chi connectivity index (χ3n) is 7.76. The molecule has 1 aliphatic heterocycles. The first-order valence-electron chi connectivity index (χ1n) is 12.5. The predicted molar refractivity (Wildman–Crippen MR) is 133 cm³/mol. The smallest absolute Gasteiger partial charge is 0.407 e. The van der Waals surface area contributed by atoms with Gasteiger partial charge in [-0.05, 0) is 47.4 Å². The lowest BCUT2D eigenvalue weighted by Crippen LogP contribution is -2.49. The van der Waals surface area contributed by atoms with E-state index in [0.29, 0.717) is 32.4 Å². The van der Waals surface area contributed by atoms with Crippen molar-refractivity contribution in [3.8, 4) is 11.1 Å². The minimum Gasteiger partial charge on any atom is -0.481 e. The molecule has 2 aromatic carbocycles. The quantitative estimate of drug-likeness (QED) is 0.547. The fourth-order valence-electron chi connectivity index (χ4n) is 5.53. The first-order valence-corrected chi connectivity index (χ1v) is 12.5. The molecule has 1 aliphatic carbocycles. The molecule has 2 amide bonds. The van der Waals surface area contributed by atoms with Crippen LogP contribution in [0.15, 0.2) is 48.5 Å². The molecule has 1 heterocycles. The highest BCUT2D eigenvalue weighted by Gasteiger charge is 2.41. The molecule has 1 unspecified atom stereocenters. The number of carboxylic acids is 1. The normalized spacial score (nSPS) is 17.1. The van der Waals surface area contributed by atoms with E-state index in [0.717, 1.165) is 11.1 Å². The molecular formula is C28H34N2O5. The van der Waals surface area contributed by atoms with Crippen molar-refractivity contribution in [2.45, 2.75) is 45.4 Å². The summed E-state index contributed by atoms with van der Waals surface area (Å²) in [5.41, 5.74) is 3.91. The van der Waals surface area contributed by atoms with Gasteiger partial charge in [0.05, 0.1) is 5.41 Å². The number of ether oxygens (including phenoxy) is 1.